The molecular weight excluding hydrogens is 238 g/mol. The van der Waals surface area contributed by atoms with Crippen LogP contribution in [0.1, 0.15) is 6.92 Å². The van der Waals surface area contributed by atoms with Gasteiger partial charge in [0.15, 0.2) is 0 Å². The number of nitrogens with two attached hydrogens (primary N) is 1. The topological polar surface area (TPSA) is 102 Å². The van der Waals surface area contributed by atoms with E-state index in [4.69, 9.17) is 10.8 Å². The van der Waals surface area contributed by atoms with Gasteiger partial charge in [-0.25, -0.2) is 13.6 Å². The van der Waals surface area contributed by atoms with Crippen LogP contribution in [0.15, 0.2) is 16.8 Å². The Labute approximate surface area is 95.8 Å². The molecule has 0 radical (unpaired) electrons. The van der Waals surface area contributed by atoms with Gasteiger partial charge in [0, 0.05) is 0 Å². The van der Waals surface area contributed by atoms with E-state index >= 15 is 0 Å². The Balaban J connectivity index is 4.85. The number of ether oxygens (including phenoxy) is 1. The number of esters is 1. The van der Waals surface area contributed by atoms with E-state index in [2.05, 4.69) is 9.73 Å². The zero-order chi connectivity index (χ0) is 13.4. The van der Waals surface area contributed by atoms with E-state index in [1.807, 2.05) is 0 Å². The van der Waals surface area contributed by atoms with Gasteiger partial charge in [-0.2, -0.15) is 0 Å². The van der Waals surface area contributed by atoms with E-state index in [0.717, 1.165) is 0 Å². The molecule has 0 atom stereocenters. The van der Waals surface area contributed by atoms with E-state index in [0.29, 0.717) is 6.08 Å². The lowest BCUT2D eigenvalue weighted by Gasteiger charge is -2.03. The number of halogens is 2. The van der Waals surface area contributed by atoms with E-state index in [1.165, 1.54) is 6.92 Å². The van der Waals surface area contributed by atoms with E-state index < -0.39 is 36.3 Å². The number of carbonyl (C=O) groups excluding carboxylic acids is 1. The Morgan fingerprint density at radius 3 is 2.53 bits per heavy atom. The summed E-state index contributed by atoms with van der Waals surface area (Å²) in [4.78, 5) is 24.3. The summed E-state index contributed by atoms with van der Waals surface area (Å²) in [5, 5.41) is 8.28. The average Bonchev–Trinajstić information content (AvgIpc) is 2.23. The van der Waals surface area contributed by atoms with Gasteiger partial charge in [0.2, 0.25) is 0 Å². The molecule has 0 aliphatic rings. The number of carboxylic acids is 1. The highest BCUT2D eigenvalue weighted by atomic mass is 19.3. The quantitative estimate of drug-likeness (QED) is 0.398. The summed E-state index contributed by atoms with van der Waals surface area (Å²) in [6, 6.07) is 0. The molecule has 17 heavy (non-hydrogen) atoms. The molecule has 0 aromatic heterocycles. The maximum absolute atomic E-state index is 12.4. The summed E-state index contributed by atoms with van der Waals surface area (Å²) in [6.45, 7) is 0.744. The highest BCUT2D eigenvalue weighted by Gasteiger charge is 2.14. The smallest absolute Gasteiger partial charge is 0.354 e. The molecule has 3 N–H and O–H groups in total. The molecule has 0 fully saturated rings. The third kappa shape index (κ3) is 6.23. The van der Waals surface area contributed by atoms with Crippen molar-refractivity contribution < 1.29 is 28.2 Å². The van der Waals surface area contributed by atoms with Gasteiger partial charge in [-0.15, -0.1) is 0 Å². The number of allylic oxidation sites excluding steroid dienone is 1. The Bertz CT molecular complexity index is 353. The maximum atomic E-state index is 12.4. The van der Waals surface area contributed by atoms with Crippen LogP contribution in [0.3, 0.4) is 0 Å². The molecular formula is C9H12F2N2O4. The van der Waals surface area contributed by atoms with Crippen LogP contribution in [-0.2, 0) is 14.3 Å². The fourth-order valence-corrected chi connectivity index (χ4v) is 0.769. The summed E-state index contributed by atoms with van der Waals surface area (Å²) in [5.41, 5.74) is 3.74. The van der Waals surface area contributed by atoms with Crippen LogP contribution in [0.2, 0.25) is 0 Å². The van der Waals surface area contributed by atoms with Crippen molar-refractivity contribution in [1.82, 2.24) is 0 Å². The first-order valence-electron chi connectivity index (χ1n) is 4.57. The predicted octanol–water partition coefficient (Wildman–Crippen LogP) is 0.183. The third-order valence-electron chi connectivity index (χ3n) is 1.43. The van der Waals surface area contributed by atoms with E-state index in [1.54, 1.807) is 0 Å². The molecule has 0 saturated carbocycles. The molecule has 0 rings (SSSR count). The predicted molar refractivity (Wildman–Crippen MR) is 54.8 cm³/mol. The molecule has 0 aliphatic heterocycles. The van der Waals surface area contributed by atoms with Gasteiger partial charge < -0.3 is 15.6 Å². The van der Waals surface area contributed by atoms with Crippen LogP contribution < -0.4 is 5.73 Å². The summed E-state index contributed by atoms with van der Waals surface area (Å²) in [7, 11) is 0. The van der Waals surface area contributed by atoms with Gasteiger partial charge in [-0.05, 0) is 13.0 Å². The number of rotatable bonds is 6. The van der Waals surface area contributed by atoms with Crippen molar-refractivity contribution in [2.75, 3.05) is 13.2 Å². The number of aliphatic imine (C=N–C) groups is 1. The number of alkyl halides is 2. The van der Waals surface area contributed by atoms with Crippen LogP contribution in [-0.4, -0.2) is 42.3 Å². The number of nitrogens with zero attached hydrogens (tertiary/aromatic N) is 1. The van der Waals surface area contributed by atoms with Gasteiger partial charge >= 0.3 is 11.9 Å². The Hall–Kier alpha value is -1.99. The number of aliphatic carboxylic acids is 1. The molecule has 8 heteroatoms. The van der Waals surface area contributed by atoms with Crippen LogP contribution in [0.4, 0.5) is 8.78 Å². The molecule has 0 aliphatic carbocycles. The van der Waals surface area contributed by atoms with Gasteiger partial charge in [-0.1, -0.05) is 0 Å². The van der Waals surface area contributed by atoms with Crippen LogP contribution in [0, 0.1) is 0 Å². The van der Waals surface area contributed by atoms with Crippen molar-refractivity contribution in [3.8, 4) is 0 Å². The van der Waals surface area contributed by atoms with E-state index in [-0.39, 0.29) is 6.61 Å². The lowest BCUT2D eigenvalue weighted by Crippen LogP contribution is -2.19. The van der Waals surface area contributed by atoms with Gasteiger partial charge in [0.1, 0.15) is 18.0 Å². The zero-order valence-corrected chi connectivity index (χ0v) is 9.02. The Kier molecular flexibility index (Phi) is 6.46. The summed E-state index contributed by atoms with van der Waals surface area (Å²) in [5.74, 6) is -2.33. The zero-order valence-electron chi connectivity index (χ0n) is 9.02. The molecule has 0 aromatic carbocycles. The first-order chi connectivity index (χ1) is 7.88. The first-order valence-corrected chi connectivity index (χ1v) is 4.57. The van der Waals surface area contributed by atoms with Gasteiger partial charge in [0.25, 0.3) is 6.43 Å². The van der Waals surface area contributed by atoms with Crippen LogP contribution >= 0.6 is 0 Å². The number of hydrogen-bond acceptors (Lipinski definition) is 5. The summed E-state index contributed by atoms with van der Waals surface area (Å²) >= 11 is 0. The molecule has 0 saturated heterocycles. The first kappa shape index (κ1) is 15.0. The second-order valence-corrected chi connectivity index (χ2v) is 2.76. The fraction of sp³-hybridized carbons (Fsp3) is 0.444. The SMILES string of the molecule is CCOC(=O)/C(N)=C/C(=NCC(=O)O)C(F)F. The Morgan fingerprint density at radius 2 is 2.12 bits per heavy atom. The van der Waals surface area contributed by atoms with Crippen molar-refractivity contribution >= 4 is 17.7 Å². The van der Waals surface area contributed by atoms with Crippen LogP contribution in [0.25, 0.3) is 0 Å². The number of hydrogen-bond donors (Lipinski definition) is 2. The summed E-state index contributed by atoms with van der Waals surface area (Å²) in [6.07, 6.45) is -2.42. The molecule has 0 aromatic rings. The van der Waals surface area contributed by atoms with Gasteiger partial charge in [0.05, 0.1) is 6.61 Å². The van der Waals surface area contributed by atoms with E-state index in [9.17, 15) is 18.4 Å². The van der Waals surface area contributed by atoms with Crippen LogP contribution in [0.5, 0.6) is 0 Å². The molecule has 0 unspecified atom stereocenters. The summed E-state index contributed by atoms with van der Waals surface area (Å²) < 4.78 is 29.2. The van der Waals surface area contributed by atoms with Crippen molar-refractivity contribution in [1.29, 1.82) is 0 Å². The van der Waals surface area contributed by atoms with Crippen molar-refractivity contribution in [3.05, 3.63) is 11.8 Å². The third-order valence-corrected chi connectivity index (χ3v) is 1.43. The Morgan fingerprint density at radius 1 is 1.53 bits per heavy atom. The highest BCUT2D eigenvalue weighted by molar-refractivity contribution is 6.03. The van der Waals surface area contributed by atoms with Gasteiger partial charge in [-0.3, -0.25) is 9.79 Å². The second kappa shape index (κ2) is 7.31. The molecule has 0 amide bonds. The van der Waals surface area contributed by atoms with Crippen molar-refractivity contribution in [2.24, 2.45) is 10.7 Å². The minimum absolute atomic E-state index is 0.0453. The molecule has 0 heterocycles. The lowest BCUT2D eigenvalue weighted by molar-refractivity contribution is -0.138. The van der Waals surface area contributed by atoms with Crippen molar-refractivity contribution in [3.63, 3.8) is 0 Å². The maximum Gasteiger partial charge on any atom is 0.354 e. The normalized spacial score (nSPS) is 12.7. The molecule has 0 bridgehead atoms. The molecule has 96 valence electrons. The highest BCUT2D eigenvalue weighted by Crippen LogP contribution is 2.02. The van der Waals surface area contributed by atoms with Crippen molar-refractivity contribution in [2.45, 2.75) is 13.3 Å². The average molecular weight is 250 g/mol. The minimum Gasteiger partial charge on any atom is -0.480 e. The largest absolute Gasteiger partial charge is 0.480 e. The standard InChI is InChI=1S/C9H12F2N2O4/c1-2-17-9(16)5(12)3-6(8(10)11)13-4-7(14)15/h3,8H,2,4,12H2,1H3,(H,14,15)/b5-3-,13-6?. The second-order valence-electron chi connectivity index (χ2n) is 2.76. The lowest BCUT2D eigenvalue weighted by atomic mass is 10.3. The molecule has 6 nitrogen and oxygen atoms in total. The monoisotopic (exact) mass is 250 g/mol. The molecule has 0 spiro atoms. The minimum atomic E-state index is -3.03. The number of carbonyl (C=O) groups is 2. The number of carboxylic acid groups (broad SMARTS) is 1. The fourth-order valence-electron chi connectivity index (χ4n) is 0.769.